The fraction of sp³-hybridized carbons (Fsp3) is 0.958. The maximum Gasteiger partial charge on any atom is 0.323 e. The first kappa shape index (κ1) is 26.4. The average Bonchev–Trinajstić information content (AvgIpc) is 3.02. The summed E-state index contributed by atoms with van der Waals surface area (Å²) in [5.41, 5.74) is 0.302. The molecule has 0 aromatic heterocycles. The molecular formula is C24H49N3O2. The second kappa shape index (κ2) is 10.1. The van der Waals surface area contributed by atoms with Crippen molar-refractivity contribution >= 4 is 5.97 Å². The van der Waals surface area contributed by atoms with Gasteiger partial charge in [-0.3, -0.25) is 19.5 Å². The summed E-state index contributed by atoms with van der Waals surface area (Å²) in [4.78, 5) is 19.3. The van der Waals surface area contributed by atoms with Crippen LogP contribution in [0.3, 0.4) is 0 Å². The molecule has 1 atom stereocenters. The van der Waals surface area contributed by atoms with E-state index >= 15 is 0 Å². The average molecular weight is 412 g/mol. The summed E-state index contributed by atoms with van der Waals surface area (Å²) >= 11 is 0. The molecule has 0 aromatic rings. The van der Waals surface area contributed by atoms with E-state index in [9.17, 15) is 4.79 Å². The topological polar surface area (TPSA) is 36.0 Å². The SMILES string of the molecule is CC(C)(C)N1CCN(C(C)(C)C)CC1.CC(C)N1CCCC1C(=O)OC(C)(C)C. The number of hydrogen-bond acceptors (Lipinski definition) is 5. The van der Waals surface area contributed by atoms with Crippen molar-refractivity contribution in [2.24, 2.45) is 0 Å². The molecule has 29 heavy (non-hydrogen) atoms. The lowest BCUT2D eigenvalue weighted by atomic mass is 10.0. The highest BCUT2D eigenvalue weighted by Crippen LogP contribution is 2.23. The van der Waals surface area contributed by atoms with Crippen LogP contribution in [0.4, 0.5) is 0 Å². The zero-order valence-corrected chi connectivity index (χ0v) is 21.3. The Morgan fingerprint density at radius 1 is 0.793 bits per heavy atom. The van der Waals surface area contributed by atoms with Gasteiger partial charge in [-0.25, -0.2) is 0 Å². The van der Waals surface area contributed by atoms with Crippen LogP contribution in [-0.4, -0.2) is 82.2 Å². The van der Waals surface area contributed by atoms with Gasteiger partial charge in [0, 0.05) is 43.3 Å². The molecule has 0 aliphatic carbocycles. The number of carbonyl (C=O) groups is 1. The predicted molar refractivity (Wildman–Crippen MR) is 123 cm³/mol. The van der Waals surface area contributed by atoms with E-state index in [2.05, 4.69) is 70.1 Å². The number of rotatable bonds is 2. The predicted octanol–water partition coefficient (Wildman–Crippen LogP) is 4.40. The van der Waals surface area contributed by atoms with E-state index in [4.69, 9.17) is 4.74 Å². The summed E-state index contributed by atoms with van der Waals surface area (Å²) in [6, 6.07) is 0.397. The van der Waals surface area contributed by atoms with Gasteiger partial charge in [0.1, 0.15) is 11.6 Å². The summed E-state index contributed by atoms with van der Waals surface area (Å²) in [6.07, 6.45) is 2.04. The van der Waals surface area contributed by atoms with Gasteiger partial charge in [-0.15, -0.1) is 0 Å². The monoisotopic (exact) mass is 411 g/mol. The number of carbonyl (C=O) groups excluding carboxylic acids is 1. The number of piperazine rings is 1. The minimum absolute atomic E-state index is 0.0239. The Hall–Kier alpha value is -0.650. The van der Waals surface area contributed by atoms with Gasteiger partial charge in [-0.05, 0) is 95.5 Å². The molecule has 0 N–H and O–H groups in total. The van der Waals surface area contributed by atoms with Gasteiger partial charge in [-0.1, -0.05) is 0 Å². The van der Waals surface area contributed by atoms with Gasteiger partial charge in [0.2, 0.25) is 0 Å². The second-order valence-corrected chi connectivity index (χ2v) is 11.8. The molecule has 0 saturated carbocycles. The first-order valence-electron chi connectivity index (χ1n) is 11.5. The van der Waals surface area contributed by atoms with Gasteiger partial charge >= 0.3 is 5.97 Å². The molecule has 2 aliphatic rings. The standard InChI is InChI=1S/C12H26N2.C12H23NO2/c1-11(2,3)13-7-9-14(10-8-13)12(4,5)6;1-9(2)13-8-6-7-10(13)11(14)15-12(3,4)5/h7-10H2,1-6H3;9-10H,6-8H2,1-5H3. The van der Waals surface area contributed by atoms with Crippen LogP contribution in [0.2, 0.25) is 0 Å². The van der Waals surface area contributed by atoms with Crippen LogP contribution < -0.4 is 0 Å². The van der Waals surface area contributed by atoms with E-state index in [1.54, 1.807) is 0 Å². The molecule has 2 saturated heterocycles. The minimum Gasteiger partial charge on any atom is -0.459 e. The third-order valence-electron chi connectivity index (χ3n) is 5.81. The lowest BCUT2D eigenvalue weighted by Gasteiger charge is -2.46. The van der Waals surface area contributed by atoms with Gasteiger partial charge < -0.3 is 4.74 Å². The van der Waals surface area contributed by atoms with Crippen LogP contribution in [0.1, 0.15) is 89.0 Å². The summed E-state index contributed by atoms with van der Waals surface area (Å²) < 4.78 is 5.42. The second-order valence-electron chi connectivity index (χ2n) is 11.8. The van der Waals surface area contributed by atoms with Crippen molar-refractivity contribution in [2.45, 2.75) is 118 Å². The van der Waals surface area contributed by atoms with E-state index in [0.29, 0.717) is 17.1 Å². The number of hydrogen-bond donors (Lipinski definition) is 0. The molecule has 1 unspecified atom stereocenters. The van der Waals surface area contributed by atoms with Crippen molar-refractivity contribution < 1.29 is 9.53 Å². The minimum atomic E-state index is -0.373. The molecule has 2 aliphatic heterocycles. The van der Waals surface area contributed by atoms with Crippen LogP contribution in [0.15, 0.2) is 0 Å². The van der Waals surface area contributed by atoms with Gasteiger partial charge in [0.25, 0.3) is 0 Å². The van der Waals surface area contributed by atoms with Crippen LogP contribution in [0, 0.1) is 0 Å². The Kier molecular flexibility index (Phi) is 9.19. The lowest BCUT2D eigenvalue weighted by Crippen LogP contribution is -2.57. The van der Waals surface area contributed by atoms with Gasteiger partial charge in [-0.2, -0.15) is 0 Å². The largest absolute Gasteiger partial charge is 0.459 e. The van der Waals surface area contributed by atoms with Crippen LogP contribution in [0.25, 0.3) is 0 Å². The van der Waals surface area contributed by atoms with Crippen LogP contribution in [0.5, 0.6) is 0 Å². The maximum absolute atomic E-state index is 11.9. The first-order valence-corrected chi connectivity index (χ1v) is 11.5. The Morgan fingerprint density at radius 3 is 1.52 bits per heavy atom. The highest BCUT2D eigenvalue weighted by molar-refractivity contribution is 5.76. The number of ether oxygens (including phenoxy) is 1. The molecule has 0 bridgehead atoms. The maximum atomic E-state index is 11.9. The lowest BCUT2D eigenvalue weighted by molar-refractivity contribution is -0.160. The van der Waals surface area contributed by atoms with E-state index in [-0.39, 0.29) is 17.6 Å². The van der Waals surface area contributed by atoms with Crippen molar-refractivity contribution in [3.63, 3.8) is 0 Å². The van der Waals surface area contributed by atoms with E-state index < -0.39 is 0 Å². The third-order valence-corrected chi connectivity index (χ3v) is 5.81. The quantitative estimate of drug-likeness (QED) is 0.629. The molecular weight excluding hydrogens is 362 g/mol. The third kappa shape index (κ3) is 8.94. The zero-order valence-electron chi connectivity index (χ0n) is 21.3. The summed E-state index contributed by atoms with van der Waals surface area (Å²) in [5, 5.41) is 0. The van der Waals surface area contributed by atoms with Crippen LogP contribution >= 0.6 is 0 Å². The van der Waals surface area contributed by atoms with Crippen molar-refractivity contribution in [1.82, 2.24) is 14.7 Å². The number of esters is 1. The van der Waals surface area contributed by atoms with Crippen molar-refractivity contribution in [3.05, 3.63) is 0 Å². The van der Waals surface area contributed by atoms with E-state index in [1.807, 2.05) is 20.8 Å². The molecule has 2 heterocycles. The number of likely N-dealkylation sites (tertiary alicyclic amines) is 1. The zero-order chi connectivity index (χ0) is 22.6. The van der Waals surface area contributed by atoms with Crippen LogP contribution in [-0.2, 0) is 9.53 Å². The summed E-state index contributed by atoms with van der Waals surface area (Å²) in [7, 11) is 0. The molecule has 0 amide bonds. The molecule has 2 rings (SSSR count). The Bertz CT molecular complexity index is 482. The Balaban J connectivity index is 0.000000291. The van der Waals surface area contributed by atoms with E-state index in [0.717, 1.165) is 19.4 Å². The van der Waals surface area contributed by atoms with Crippen molar-refractivity contribution in [3.8, 4) is 0 Å². The Labute approximate surface area is 181 Å². The molecule has 5 nitrogen and oxygen atoms in total. The van der Waals surface area contributed by atoms with Gasteiger partial charge in [0.05, 0.1) is 0 Å². The normalized spacial score (nSPS) is 23.1. The number of nitrogens with zero attached hydrogens (tertiary/aromatic N) is 3. The van der Waals surface area contributed by atoms with E-state index in [1.165, 1.54) is 26.2 Å². The van der Waals surface area contributed by atoms with Crippen molar-refractivity contribution in [1.29, 1.82) is 0 Å². The van der Waals surface area contributed by atoms with Gasteiger partial charge in [0.15, 0.2) is 0 Å². The highest BCUT2D eigenvalue weighted by Gasteiger charge is 2.35. The highest BCUT2D eigenvalue weighted by atomic mass is 16.6. The molecule has 2 fully saturated rings. The van der Waals surface area contributed by atoms with Crippen molar-refractivity contribution in [2.75, 3.05) is 32.7 Å². The summed E-state index contributed by atoms with van der Waals surface area (Å²) in [6.45, 7) is 29.7. The molecule has 0 aromatic carbocycles. The fourth-order valence-corrected chi connectivity index (χ4v) is 4.08. The molecule has 0 spiro atoms. The molecule has 0 radical (unpaired) electrons. The summed E-state index contributed by atoms with van der Waals surface area (Å²) in [5.74, 6) is -0.0614. The Morgan fingerprint density at radius 2 is 1.21 bits per heavy atom. The fourth-order valence-electron chi connectivity index (χ4n) is 4.08. The molecule has 172 valence electrons. The smallest absolute Gasteiger partial charge is 0.323 e. The first-order chi connectivity index (χ1) is 13.0. The molecule has 5 heteroatoms.